The number of ether oxygens (including phenoxy) is 1. The molecule has 0 spiro atoms. The van der Waals surface area contributed by atoms with Gasteiger partial charge in [-0.25, -0.2) is 4.79 Å². The molecule has 0 aliphatic rings. The highest BCUT2D eigenvalue weighted by molar-refractivity contribution is 6.31. The number of benzene rings is 1. The van der Waals surface area contributed by atoms with E-state index in [2.05, 4.69) is 5.32 Å². The number of carbonyl (C=O) groups is 2. The van der Waals surface area contributed by atoms with Gasteiger partial charge in [-0.15, -0.1) is 0 Å². The molecule has 0 radical (unpaired) electrons. The first-order valence-corrected chi connectivity index (χ1v) is 6.88. The highest BCUT2D eigenvalue weighted by atomic mass is 35.5. The van der Waals surface area contributed by atoms with Crippen LogP contribution in [0.4, 0.5) is 10.5 Å². The summed E-state index contributed by atoms with van der Waals surface area (Å²) in [6.45, 7) is 3.68. The summed E-state index contributed by atoms with van der Waals surface area (Å²) in [6, 6.07) is 2.80. The van der Waals surface area contributed by atoms with Crippen LogP contribution in [-0.4, -0.2) is 42.2 Å². The monoisotopic (exact) mass is 314 g/mol. The van der Waals surface area contributed by atoms with E-state index in [-0.39, 0.29) is 6.54 Å². The van der Waals surface area contributed by atoms with Crippen molar-refractivity contribution in [2.24, 2.45) is 0 Å². The summed E-state index contributed by atoms with van der Waals surface area (Å²) < 4.78 is 5.17. The number of carboxylic acids is 1. The van der Waals surface area contributed by atoms with E-state index in [1.807, 2.05) is 6.92 Å². The van der Waals surface area contributed by atoms with Gasteiger partial charge in [0.15, 0.2) is 0 Å². The molecular weight excluding hydrogens is 296 g/mol. The van der Waals surface area contributed by atoms with Crippen LogP contribution in [0.1, 0.15) is 18.9 Å². The SMILES string of the molecule is CCCN(CC(=O)O)C(=O)Nc1cc(C)c(Cl)cc1OC. The third kappa shape index (κ3) is 4.82. The average Bonchev–Trinajstić information content (AvgIpc) is 2.41. The lowest BCUT2D eigenvalue weighted by Gasteiger charge is -2.21. The van der Waals surface area contributed by atoms with Gasteiger partial charge < -0.3 is 20.1 Å². The molecule has 1 rings (SSSR count). The number of aliphatic carboxylic acids is 1. The standard InChI is InChI=1S/C14H19ClN2O4/c1-4-5-17(8-13(18)19)14(20)16-11-6-9(2)10(15)7-12(11)21-3/h6-7H,4-5,8H2,1-3H3,(H,16,20)(H,18,19). The average molecular weight is 315 g/mol. The number of halogens is 1. The number of carboxylic acid groups (broad SMARTS) is 1. The minimum atomic E-state index is -1.06. The van der Waals surface area contributed by atoms with Gasteiger partial charge in [-0.1, -0.05) is 18.5 Å². The van der Waals surface area contributed by atoms with Crippen molar-refractivity contribution in [1.82, 2.24) is 4.90 Å². The van der Waals surface area contributed by atoms with Crippen molar-refractivity contribution in [1.29, 1.82) is 0 Å². The number of carbonyl (C=O) groups excluding carboxylic acids is 1. The van der Waals surface area contributed by atoms with E-state index >= 15 is 0 Å². The number of anilines is 1. The summed E-state index contributed by atoms with van der Waals surface area (Å²) in [5, 5.41) is 12.0. The first kappa shape index (κ1) is 17.1. The number of amides is 2. The summed E-state index contributed by atoms with van der Waals surface area (Å²) in [5.41, 5.74) is 1.24. The molecule has 0 aromatic heterocycles. The number of aryl methyl sites for hydroxylation is 1. The number of methoxy groups -OCH3 is 1. The van der Waals surface area contributed by atoms with Gasteiger partial charge in [0, 0.05) is 17.6 Å². The maximum absolute atomic E-state index is 12.2. The van der Waals surface area contributed by atoms with Gasteiger partial charge in [-0.05, 0) is 25.0 Å². The third-order valence-corrected chi connectivity index (χ3v) is 3.24. The van der Waals surface area contributed by atoms with Gasteiger partial charge in [0.05, 0.1) is 12.8 Å². The number of nitrogens with zero attached hydrogens (tertiary/aromatic N) is 1. The second-order valence-corrected chi connectivity index (χ2v) is 4.95. The van der Waals surface area contributed by atoms with Gasteiger partial charge in [0.1, 0.15) is 12.3 Å². The minimum Gasteiger partial charge on any atom is -0.495 e. The fourth-order valence-corrected chi connectivity index (χ4v) is 1.96. The summed E-state index contributed by atoms with van der Waals surface area (Å²) in [5.74, 6) is -0.636. The Labute approximate surface area is 128 Å². The summed E-state index contributed by atoms with van der Waals surface area (Å²) in [6.07, 6.45) is 0.664. The topological polar surface area (TPSA) is 78.9 Å². The highest BCUT2D eigenvalue weighted by Crippen LogP contribution is 2.31. The van der Waals surface area contributed by atoms with E-state index < -0.39 is 12.0 Å². The maximum atomic E-state index is 12.2. The second-order valence-electron chi connectivity index (χ2n) is 4.55. The molecule has 0 unspecified atom stereocenters. The van der Waals surface area contributed by atoms with Crippen LogP contribution in [0.15, 0.2) is 12.1 Å². The Balaban J connectivity index is 2.94. The molecule has 0 heterocycles. The summed E-state index contributed by atoms with van der Waals surface area (Å²) >= 11 is 6.00. The Kier molecular flexibility index (Phi) is 6.30. The molecule has 7 heteroatoms. The van der Waals surface area contributed by atoms with Gasteiger partial charge in [-0.3, -0.25) is 4.79 Å². The van der Waals surface area contributed by atoms with Crippen molar-refractivity contribution in [3.63, 3.8) is 0 Å². The number of hydrogen-bond acceptors (Lipinski definition) is 3. The fourth-order valence-electron chi connectivity index (χ4n) is 1.81. The Morgan fingerprint density at radius 3 is 2.62 bits per heavy atom. The van der Waals surface area contributed by atoms with Crippen LogP contribution in [0.5, 0.6) is 5.75 Å². The largest absolute Gasteiger partial charge is 0.495 e. The predicted octanol–water partition coefficient (Wildman–Crippen LogP) is 2.99. The Bertz CT molecular complexity index is 534. The van der Waals surface area contributed by atoms with Crippen molar-refractivity contribution in [2.75, 3.05) is 25.5 Å². The lowest BCUT2D eigenvalue weighted by atomic mass is 10.2. The molecule has 116 valence electrons. The van der Waals surface area contributed by atoms with Gasteiger partial charge in [-0.2, -0.15) is 0 Å². The Morgan fingerprint density at radius 1 is 1.43 bits per heavy atom. The maximum Gasteiger partial charge on any atom is 0.323 e. The molecule has 0 fully saturated rings. The lowest BCUT2D eigenvalue weighted by Crippen LogP contribution is -2.39. The minimum absolute atomic E-state index is 0.353. The first-order valence-electron chi connectivity index (χ1n) is 6.50. The zero-order valence-electron chi connectivity index (χ0n) is 12.3. The number of nitrogens with one attached hydrogen (secondary N) is 1. The zero-order chi connectivity index (χ0) is 16.0. The number of hydrogen-bond donors (Lipinski definition) is 2. The molecule has 0 saturated heterocycles. The highest BCUT2D eigenvalue weighted by Gasteiger charge is 2.18. The molecule has 0 aliphatic heterocycles. The van der Waals surface area contributed by atoms with Crippen LogP contribution in [0.25, 0.3) is 0 Å². The summed E-state index contributed by atoms with van der Waals surface area (Å²) in [7, 11) is 1.47. The van der Waals surface area contributed by atoms with Crippen LogP contribution < -0.4 is 10.1 Å². The lowest BCUT2D eigenvalue weighted by molar-refractivity contribution is -0.137. The molecule has 0 atom stereocenters. The van der Waals surface area contributed by atoms with E-state index in [1.54, 1.807) is 19.1 Å². The third-order valence-electron chi connectivity index (χ3n) is 2.83. The van der Waals surface area contributed by atoms with Crippen LogP contribution >= 0.6 is 11.6 Å². The van der Waals surface area contributed by atoms with Crippen LogP contribution in [-0.2, 0) is 4.79 Å². The van der Waals surface area contributed by atoms with Crippen LogP contribution in [0, 0.1) is 6.92 Å². The second kappa shape index (κ2) is 7.73. The molecule has 0 bridgehead atoms. The molecular formula is C14H19ClN2O4. The smallest absolute Gasteiger partial charge is 0.323 e. The van der Waals surface area contributed by atoms with Gasteiger partial charge in [0.25, 0.3) is 0 Å². The number of urea groups is 1. The van der Waals surface area contributed by atoms with Crippen LogP contribution in [0.2, 0.25) is 5.02 Å². The van der Waals surface area contributed by atoms with Crippen molar-refractivity contribution >= 4 is 29.3 Å². The predicted molar refractivity (Wildman–Crippen MR) is 81.3 cm³/mol. The van der Waals surface area contributed by atoms with Crippen molar-refractivity contribution in [3.05, 3.63) is 22.7 Å². The van der Waals surface area contributed by atoms with Gasteiger partial charge >= 0.3 is 12.0 Å². The quantitative estimate of drug-likeness (QED) is 0.846. The van der Waals surface area contributed by atoms with Crippen LogP contribution in [0.3, 0.4) is 0 Å². The van der Waals surface area contributed by atoms with Crippen molar-refractivity contribution in [3.8, 4) is 5.75 Å². The van der Waals surface area contributed by atoms with E-state index in [0.29, 0.717) is 29.4 Å². The zero-order valence-corrected chi connectivity index (χ0v) is 13.0. The van der Waals surface area contributed by atoms with E-state index in [4.69, 9.17) is 21.4 Å². The van der Waals surface area contributed by atoms with Gasteiger partial charge in [0.2, 0.25) is 0 Å². The Morgan fingerprint density at radius 2 is 2.10 bits per heavy atom. The Hall–Kier alpha value is -1.95. The molecule has 0 saturated carbocycles. The summed E-state index contributed by atoms with van der Waals surface area (Å²) in [4.78, 5) is 24.2. The molecule has 2 amide bonds. The molecule has 2 N–H and O–H groups in total. The molecule has 0 aliphatic carbocycles. The van der Waals surface area contributed by atoms with E-state index in [0.717, 1.165) is 5.56 Å². The molecule has 21 heavy (non-hydrogen) atoms. The normalized spacial score (nSPS) is 10.1. The number of rotatable bonds is 6. The molecule has 6 nitrogen and oxygen atoms in total. The van der Waals surface area contributed by atoms with E-state index in [9.17, 15) is 9.59 Å². The van der Waals surface area contributed by atoms with Crippen molar-refractivity contribution in [2.45, 2.75) is 20.3 Å². The molecule has 1 aromatic carbocycles. The van der Waals surface area contributed by atoms with E-state index in [1.165, 1.54) is 12.0 Å². The van der Waals surface area contributed by atoms with Crippen molar-refractivity contribution < 1.29 is 19.4 Å². The first-order chi connectivity index (χ1) is 9.88. The fraction of sp³-hybridized carbons (Fsp3) is 0.429. The molecule has 1 aromatic rings.